The summed E-state index contributed by atoms with van der Waals surface area (Å²) in [6, 6.07) is 9.80. The van der Waals surface area contributed by atoms with Crippen LogP contribution in [0.1, 0.15) is 22.6 Å². The number of H-pyrrole nitrogens is 1. The Hall–Kier alpha value is -2.40. The minimum absolute atomic E-state index is 0.717. The maximum absolute atomic E-state index is 6.14. The number of halogens is 1. The Kier molecular flexibility index (Phi) is 3.73. The van der Waals surface area contributed by atoms with E-state index in [1.165, 1.54) is 11.3 Å². The first-order valence-electron chi connectivity index (χ1n) is 7.99. The van der Waals surface area contributed by atoms with Crippen LogP contribution >= 0.6 is 11.6 Å². The summed E-state index contributed by atoms with van der Waals surface area (Å²) in [5, 5.41) is 8.42. The van der Waals surface area contributed by atoms with E-state index >= 15 is 0 Å². The van der Waals surface area contributed by atoms with E-state index in [0.717, 1.165) is 53.1 Å². The van der Waals surface area contributed by atoms with Gasteiger partial charge in [-0.05, 0) is 32.0 Å². The maximum Gasteiger partial charge on any atom is 0.226 e. The number of aromatic amines is 1. The van der Waals surface area contributed by atoms with Crippen molar-refractivity contribution in [3.63, 3.8) is 0 Å². The van der Waals surface area contributed by atoms with E-state index in [0.29, 0.717) is 0 Å². The number of aryl methyl sites for hydroxylation is 2. The number of nitrogens with zero attached hydrogens (tertiary/aromatic N) is 4. The highest BCUT2D eigenvalue weighted by atomic mass is 35.5. The third kappa shape index (κ3) is 2.76. The minimum Gasteiger partial charge on any atom is -0.336 e. The molecule has 1 aromatic carbocycles. The number of anilines is 1. The van der Waals surface area contributed by atoms with Crippen molar-refractivity contribution in [2.75, 3.05) is 11.4 Å². The SMILES string of the molecule is Cc1cc(C)nc(N2CCc3[nH]nc(-c4cccc(Cl)c4)c3C2)n1. The molecule has 24 heavy (non-hydrogen) atoms. The van der Waals surface area contributed by atoms with Crippen LogP contribution in [0.4, 0.5) is 5.95 Å². The second-order valence-corrected chi connectivity index (χ2v) is 6.60. The molecule has 0 saturated carbocycles. The van der Waals surface area contributed by atoms with Gasteiger partial charge in [-0.1, -0.05) is 23.7 Å². The van der Waals surface area contributed by atoms with Crippen molar-refractivity contribution in [3.8, 4) is 11.3 Å². The maximum atomic E-state index is 6.14. The molecule has 122 valence electrons. The van der Waals surface area contributed by atoms with Crippen LogP contribution in [0.3, 0.4) is 0 Å². The van der Waals surface area contributed by atoms with Gasteiger partial charge in [-0.2, -0.15) is 5.10 Å². The zero-order valence-electron chi connectivity index (χ0n) is 13.7. The second kappa shape index (κ2) is 5.91. The first-order chi connectivity index (χ1) is 11.6. The van der Waals surface area contributed by atoms with Gasteiger partial charge in [-0.25, -0.2) is 9.97 Å². The van der Waals surface area contributed by atoms with Crippen LogP contribution in [0, 0.1) is 13.8 Å². The standard InChI is InChI=1S/C18H18ClN5/c1-11-8-12(2)21-18(20-11)24-7-6-16-15(10-24)17(23-22-16)13-4-3-5-14(19)9-13/h3-5,8-9H,6-7,10H2,1-2H3,(H,22,23). The summed E-state index contributed by atoms with van der Waals surface area (Å²) in [4.78, 5) is 11.4. The Morgan fingerprint density at radius 3 is 2.67 bits per heavy atom. The van der Waals surface area contributed by atoms with Crippen molar-refractivity contribution in [2.24, 2.45) is 0 Å². The number of nitrogens with one attached hydrogen (secondary N) is 1. The fourth-order valence-corrected chi connectivity index (χ4v) is 3.38. The monoisotopic (exact) mass is 339 g/mol. The predicted octanol–water partition coefficient (Wildman–Crippen LogP) is 3.70. The quantitative estimate of drug-likeness (QED) is 0.773. The molecule has 0 aliphatic carbocycles. The van der Waals surface area contributed by atoms with E-state index in [9.17, 15) is 0 Å². The number of rotatable bonds is 2. The Balaban J connectivity index is 1.71. The van der Waals surface area contributed by atoms with Crippen molar-refractivity contribution < 1.29 is 0 Å². The van der Waals surface area contributed by atoms with Gasteiger partial charge in [0.25, 0.3) is 0 Å². The zero-order valence-corrected chi connectivity index (χ0v) is 14.4. The average Bonchev–Trinajstić information content (AvgIpc) is 2.97. The molecule has 4 rings (SSSR count). The van der Waals surface area contributed by atoms with Crippen LogP contribution in [0.25, 0.3) is 11.3 Å². The predicted molar refractivity (Wildman–Crippen MR) is 95.3 cm³/mol. The molecule has 0 bridgehead atoms. The second-order valence-electron chi connectivity index (χ2n) is 6.16. The van der Waals surface area contributed by atoms with Gasteiger partial charge in [0.1, 0.15) is 0 Å². The molecule has 0 saturated heterocycles. The first kappa shape index (κ1) is 15.1. The molecule has 0 radical (unpaired) electrons. The van der Waals surface area contributed by atoms with Gasteiger partial charge in [0.2, 0.25) is 5.95 Å². The Morgan fingerprint density at radius 2 is 1.92 bits per heavy atom. The summed E-state index contributed by atoms with van der Waals surface area (Å²) in [5.41, 5.74) is 6.36. The van der Waals surface area contributed by atoms with Crippen LogP contribution in [-0.4, -0.2) is 26.7 Å². The molecule has 1 aliphatic heterocycles. The van der Waals surface area contributed by atoms with Gasteiger partial charge in [0, 0.05) is 52.7 Å². The summed E-state index contributed by atoms with van der Waals surface area (Å²) in [6.07, 6.45) is 0.902. The van der Waals surface area contributed by atoms with Crippen molar-refractivity contribution in [1.29, 1.82) is 0 Å². The van der Waals surface area contributed by atoms with Crippen LogP contribution in [0.15, 0.2) is 30.3 Å². The zero-order chi connectivity index (χ0) is 16.7. The fraction of sp³-hybridized carbons (Fsp3) is 0.278. The topological polar surface area (TPSA) is 57.7 Å². The smallest absolute Gasteiger partial charge is 0.226 e. The molecule has 2 aromatic heterocycles. The summed E-state index contributed by atoms with van der Waals surface area (Å²) >= 11 is 6.14. The van der Waals surface area contributed by atoms with Crippen LogP contribution in [0.2, 0.25) is 5.02 Å². The normalized spacial score (nSPS) is 13.9. The molecule has 0 amide bonds. The van der Waals surface area contributed by atoms with Crippen LogP contribution < -0.4 is 4.90 Å². The largest absolute Gasteiger partial charge is 0.336 e. The average molecular weight is 340 g/mol. The van der Waals surface area contributed by atoms with Crippen molar-refractivity contribution in [2.45, 2.75) is 26.8 Å². The Labute approximate surface area is 145 Å². The van der Waals surface area contributed by atoms with Gasteiger partial charge < -0.3 is 4.90 Å². The lowest BCUT2D eigenvalue weighted by Gasteiger charge is -2.27. The molecule has 3 heterocycles. The Morgan fingerprint density at radius 1 is 1.12 bits per heavy atom. The molecule has 0 atom stereocenters. The summed E-state index contributed by atoms with van der Waals surface area (Å²) < 4.78 is 0. The highest BCUT2D eigenvalue weighted by molar-refractivity contribution is 6.30. The summed E-state index contributed by atoms with van der Waals surface area (Å²) in [5.74, 6) is 0.788. The van der Waals surface area contributed by atoms with Crippen LogP contribution in [-0.2, 0) is 13.0 Å². The third-order valence-corrected chi connectivity index (χ3v) is 4.52. The number of hydrogen-bond donors (Lipinski definition) is 1. The van der Waals surface area contributed by atoms with E-state index in [-0.39, 0.29) is 0 Å². The number of aromatic nitrogens is 4. The Bertz CT molecular complexity index is 882. The van der Waals surface area contributed by atoms with Gasteiger partial charge in [0.15, 0.2) is 0 Å². The molecule has 0 fully saturated rings. The molecule has 5 nitrogen and oxygen atoms in total. The molecule has 1 N–H and O–H groups in total. The van der Waals surface area contributed by atoms with Gasteiger partial charge in [-0.15, -0.1) is 0 Å². The van der Waals surface area contributed by atoms with E-state index in [1.807, 2.05) is 44.2 Å². The van der Waals surface area contributed by atoms with Crippen molar-refractivity contribution in [3.05, 3.63) is 58.0 Å². The number of fused-ring (bicyclic) bond motifs is 1. The first-order valence-corrected chi connectivity index (χ1v) is 8.37. The van der Waals surface area contributed by atoms with Crippen molar-refractivity contribution in [1.82, 2.24) is 20.2 Å². The molecule has 0 unspecified atom stereocenters. The molecule has 6 heteroatoms. The molecule has 0 spiro atoms. The van der Waals surface area contributed by atoms with E-state index < -0.39 is 0 Å². The van der Waals surface area contributed by atoms with Crippen LogP contribution in [0.5, 0.6) is 0 Å². The fourth-order valence-electron chi connectivity index (χ4n) is 3.19. The van der Waals surface area contributed by atoms with E-state index in [4.69, 9.17) is 11.6 Å². The van der Waals surface area contributed by atoms with Gasteiger partial charge >= 0.3 is 0 Å². The van der Waals surface area contributed by atoms with E-state index in [1.54, 1.807) is 0 Å². The van der Waals surface area contributed by atoms with Gasteiger partial charge in [-0.3, -0.25) is 5.10 Å². The number of benzene rings is 1. The molecular weight excluding hydrogens is 322 g/mol. The summed E-state index contributed by atoms with van der Waals surface area (Å²) in [7, 11) is 0. The lowest BCUT2D eigenvalue weighted by Crippen LogP contribution is -2.32. The minimum atomic E-state index is 0.717. The number of hydrogen-bond acceptors (Lipinski definition) is 4. The highest BCUT2D eigenvalue weighted by Crippen LogP contribution is 2.30. The lowest BCUT2D eigenvalue weighted by molar-refractivity contribution is 0.695. The summed E-state index contributed by atoms with van der Waals surface area (Å²) in [6.45, 7) is 5.63. The molecule has 1 aliphatic rings. The van der Waals surface area contributed by atoms with E-state index in [2.05, 4.69) is 25.1 Å². The molecular formula is C18H18ClN5. The lowest BCUT2D eigenvalue weighted by atomic mass is 10.0. The van der Waals surface area contributed by atoms with Gasteiger partial charge in [0.05, 0.1) is 5.69 Å². The molecule has 3 aromatic rings. The highest BCUT2D eigenvalue weighted by Gasteiger charge is 2.24. The van der Waals surface area contributed by atoms with Crippen molar-refractivity contribution >= 4 is 17.5 Å². The third-order valence-electron chi connectivity index (χ3n) is 4.28.